The summed E-state index contributed by atoms with van der Waals surface area (Å²) in [6.07, 6.45) is 1.66. The normalized spacial score (nSPS) is 23.8. The molecule has 1 heterocycles. The van der Waals surface area contributed by atoms with Crippen molar-refractivity contribution in [3.05, 3.63) is 84.4 Å². The van der Waals surface area contributed by atoms with Crippen LogP contribution in [0.15, 0.2) is 93.5 Å². The van der Waals surface area contributed by atoms with Crippen LogP contribution in [0.5, 0.6) is 5.75 Å². The first kappa shape index (κ1) is 29.8. The van der Waals surface area contributed by atoms with Gasteiger partial charge >= 0.3 is 11.2 Å². The van der Waals surface area contributed by atoms with Gasteiger partial charge in [0, 0.05) is 5.56 Å². The molecule has 1 aliphatic carbocycles. The Kier molecular flexibility index (Phi) is 8.16. The lowest BCUT2D eigenvalue weighted by molar-refractivity contribution is -0.174. The van der Waals surface area contributed by atoms with Gasteiger partial charge in [-0.15, -0.1) is 0 Å². The molecule has 3 aromatic carbocycles. The maximum Gasteiger partial charge on any atom is 0.396 e. The highest BCUT2D eigenvalue weighted by molar-refractivity contribution is 7.97. The molecule has 220 valence electrons. The highest BCUT2D eigenvalue weighted by Gasteiger charge is 2.61. The molecule has 5 rings (SSSR count). The number of alkyl halides is 4. The molecule has 0 radical (unpaired) electrons. The van der Waals surface area contributed by atoms with Gasteiger partial charge in [-0.3, -0.25) is 0 Å². The highest BCUT2D eigenvalue weighted by atomic mass is 32.2. The Morgan fingerprint density at radius 3 is 1.93 bits per heavy atom. The van der Waals surface area contributed by atoms with Gasteiger partial charge in [0.1, 0.15) is 5.75 Å². The summed E-state index contributed by atoms with van der Waals surface area (Å²) in [7, 11) is -7.09. The van der Waals surface area contributed by atoms with Crippen LogP contribution >= 0.6 is 0 Å². The van der Waals surface area contributed by atoms with Crippen LogP contribution in [0, 0.1) is 0 Å². The third kappa shape index (κ3) is 5.98. The first-order valence-corrected chi connectivity index (χ1v) is 15.6. The van der Waals surface area contributed by atoms with Crippen molar-refractivity contribution in [2.45, 2.75) is 76.5 Å². The fraction of sp³-hybridized carbons (Fsp3) is 0.379. The highest BCUT2D eigenvalue weighted by Crippen LogP contribution is 2.44. The van der Waals surface area contributed by atoms with E-state index in [2.05, 4.69) is 0 Å². The largest absolute Gasteiger partial charge is 0.743 e. The van der Waals surface area contributed by atoms with Gasteiger partial charge in [-0.05, 0) is 86.8 Å². The molecule has 0 N–H and O–H groups in total. The first-order chi connectivity index (χ1) is 19.3. The van der Waals surface area contributed by atoms with Gasteiger partial charge in [-0.1, -0.05) is 18.2 Å². The average Bonchev–Trinajstić information content (AvgIpc) is 3.49. The van der Waals surface area contributed by atoms with Crippen LogP contribution in [0.25, 0.3) is 0 Å². The number of hydrogen-bond donors (Lipinski definition) is 0. The molecule has 2 fully saturated rings. The van der Waals surface area contributed by atoms with Crippen LogP contribution in [0.2, 0.25) is 0 Å². The van der Waals surface area contributed by atoms with Crippen molar-refractivity contribution in [3.8, 4) is 5.75 Å². The smallest absolute Gasteiger partial charge is 0.396 e. The summed E-state index contributed by atoms with van der Waals surface area (Å²) in [4.78, 5) is 2.93. The van der Waals surface area contributed by atoms with E-state index in [-0.39, 0.29) is 18.0 Å². The molecule has 0 bridgehead atoms. The fourth-order valence-corrected chi connectivity index (χ4v) is 7.59. The topological polar surface area (TPSA) is 84.9 Å². The first-order valence-electron chi connectivity index (χ1n) is 13.0. The maximum atomic E-state index is 13.7. The summed E-state index contributed by atoms with van der Waals surface area (Å²) in [5.74, 6) is -5.76. The number of rotatable bonds is 10. The summed E-state index contributed by atoms with van der Waals surface area (Å²) in [5, 5.41) is -5.74. The van der Waals surface area contributed by atoms with E-state index in [4.69, 9.17) is 14.2 Å². The van der Waals surface area contributed by atoms with E-state index in [0.29, 0.717) is 0 Å². The van der Waals surface area contributed by atoms with E-state index in [1.807, 2.05) is 61.5 Å². The third-order valence-corrected chi connectivity index (χ3v) is 10.4. The van der Waals surface area contributed by atoms with E-state index in [9.17, 15) is 30.5 Å². The Morgan fingerprint density at radius 1 is 0.878 bits per heavy atom. The van der Waals surface area contributed by atoms with Gasteiger partial charge in [-0.2, -0.15) is 17.6 Å². The number of benzene rings is 3. The van der Waals surface area contributed by atoms with Crippen molar-refractivity contribution in [1.82, 2.24) is 0 Å². The van der Waals surface area contributed by atoms with Gasteiger partial charge in [0.15, 0.2) is 30.6 Å². The zero-order valence-electron chi connectivity index (χ0n) is 22.0. The Morgan fingerprint density at radius 2 is 1.39 bits per heavy atom. The minimum atomic E-state index is -6.54. The maximum absolute atomic E-state index is 13.7. The molecule has 3 atom stereocenters. The second-order valence-corrected chi connectivity index (χ2v) is 13.5. The van der Waals surface area contributed by atoms with Gasteiger partial charge in [0.2, 0.25) is 0 Å². The second-order valence-electron chi connectivity index (χ2n) is 10.1. The molecule has 41 heavy (non-hydrogen) atoms. The SMILES string of the molecule is CC1(c2ccc([S+](c3ccccc3)c3ccc(OCCC(F)(F)C(F)(F)S(=O)(=O)[O-])cc3)cc2)OC2CCCC2O1. The van der Waals surface area contributed by atoms with Crippen LogP contribution in [-0.2, 0) is 36.3 Å². The van der Waals surface area contributed by atoms with Crippen molar-refractivity contribution in [2.75, 3.05) is 6.61 Å². The molecule has 3 aromatic rings. The predicted molar refractivity (Wildman–Crippen MR) is 142 cm³/mol. The lowest BCUT2D eigenvalue weighted by Crippen LogP contribution is -2.47. The fourth-order valence-electron chi connectivity index (χ4n) is 5.06. The zero-order chi connectivity index (χ0) is 29.5. The van der Waals surface area contributed by atoms with Crippen molar-refractivity contribution in [3.63, 3.8) is 0 Å². The summed E-state index contributed by atoms with van der Waals surface area (Å²) in [6, 6.07) is 24.3. The van der Waals surface area contributed by atoms with Crippen LogP contribution in [0.4, 0.5) is 17.6 Å². The number of fused-ring (bicyclic) bond motifs is 1. The zero-order valence-corrected chi connectivity index (χ0v) is 23.6. The summed E-state index contributed by atoms with van der Waals surface area (Å²) in [5.41, 5.74) is 0.920. The Balaban J connectivity index is 1.32. The molecule has 1 aliphatic heterocycles. The van der Waals surface area contributed by atoms with Gasteiger partial charge < -0.3 is 18.8 Å². The minimum absolute atomic E-state index is 0.113. The molecular weight excluding hydrogens is 584 g/mol. The Bertz CT molecular complexity index is 1440. The van der Waals surface area contributed by atoms with E-state index >= 15 is 0 Å². The number of ether oxygens (including phenoxy) is 3. The Labute approximate surface area is 238 Å². The molecule has 0 amide bonds. The molecule has 0 spiro atoms. The molecule has 1 saturated heterocycles. The standard InChI is InChI=1S/C29H28F4O6S2/c1-27(38-25-8-5-9-26(25)39-27)20-10-14-23(15-11-20)40(22-6-3-2-4-7-22)24-16-12-21(13-17-24)37-19-18-28(30,31)29(32,33)41(34,35)36/h2-4,6-7,10-17,25-26H,5,8-9,18-19H2,1H3. The van der Waals surface area contributed by atoms with Crippen molar-refractivity contribution in [2.24, 2.45) is 0 Å². The van der Waals surface area contributed by atoms with Crippen molar-refractivity contribution in [1.29, 1.82) is 0 Å². The summed E-state index contributed by atoms with van der Waals surface area (Å²) < 4.78 is 104. The summed E-state index contributed by atoms with van der Waals surface area (Å²) >= 11 is 0. The van der Waals surface area contributed by atoms with Gasteiger partial charge in [-0.25, -0.2) is 8.42 Å². The summed E-state index contributed by atoms with van der Waals surface area (Å²) in [6.45, 7) is 1.01. The molecule has 0 aromatic heterocycles. The second kappa shape index (κ2) is 11.2. The van der Waals surface area contributed by atoms with E-state index in [1.54, 1.807) is 12.1 Å². The molecule has 12 heteroatoms. The van der Waals surface area contributed by atoms with Crippen molar-refractivity contribution >= 4 is 21.0 Å². The van der Waals surface area contributed by atoms with E-state index in [0.717, 1.165) is 39.5 Å². The molecule has 3 unspecified atom stereocenters. The lowest BCUT2D eigenvalue weighted by Gasteiger charge is -2.28. The van der Waals surface area contributed by atoms with Crippen LogP contribution in [-0.4, -0.2) is 43.0 Å². The lowest BCUT2D eigenvalue weighted by atomic mass is 10.1. The Hall–Kier alpha value is -2.64. The third-order valence-electron chi connectivity index (χ3n) is 7.22. The van der Waals surface area contributed by atoms with E-state index < -0.39 is 51.0 Å². The van der Waals surface area contributed by atoms with E-state index in [1.165, 1.54) is 12.1 Å². The predicted octanol–water partition coefficient (Wildman–Crippen LogP) is 6.46. The van der Waals surface area contributed by atoms with Crippen molar-refractivity contribution < 1.29 is 44.7 Å². The van der Waals surface area contributed by atoms with Crippen LogP contribution in [0.3, 0.4) is 0 Å². The molecule has 6 nitrogen and oxygen atoms in total. The van der Waals surface area contributed by atoms with Gasteiger partial charge in [0.05, 0.1) is 36.1 Å². The molecular formula is C29H28F4O6S2. The monoisotopic (exact) mass is 612 g/mol. The quantitative estimate of drug-likeness (QED) is 0.148. The number of hydrogen-bond acceptors (Lipinski definition) is 6. The van der Waals surface area contributed by atoms with Crippen LogP contribution < -0.4 is 4.74 Å². The molecule has 1 saturated carbocycles. The number of halogens is 4. The average molecular weight is 613 g/mol. The minimum Gasteiger partial charge on any atom is -0.743 e. The molecule has 2 aliphatic rings. The van der Waals surface area contributed by atoms with Crippen LogP contribution in [0.1, 0.15) is 38.2 Å². The van der Waals surface area contributed by atoms with Gasteiger partial charge in [0.25, 0.3) is 0 Å².